The number of aromatic nitrogens is 4. The molecule has 5 rings (SSSR count). The first kappa shape index (κ1) is 25.7. The summed E-state index contributed by atoms with van der Waals surface area (Å²) in [4.78, 5) is 12.8. The van der Waals surface area contributed by atoms with Gasteiger partial charge >= 0.3 is 6.18 Å². The lowest BCUT2D eigenvalue weighted by molar-refractivity contribution is -0.141. The summed E-state index contributed by atoms with van der Waals surface area (Å²) >= 11 is 0. The van der Waals surface area contributed by atoms with Crippen LogP contribution in [0.4, 0.5) is 13.2 Å². The molecule has 6 nitrogen and oxygen atoms in total. The SMILES string of the molecule is Cl.Cl.Cn1c2c(c3ccc(-n4ccc(-c5ccc(C(F)(F)F)nn5)cc4=O)cc31)CCNCC2. The molecule has 3 aromatic heterocycles. The summed E-state index contributed by atoms with van der Waals surface area (Å²) in [6.07, 6.45) is -1.02. The van der Waals surface area contributed by atoms with Crippen LogP contribution in [-0.2, 0) is 26.1 Å². The van der Waals surface area contributed by atoms with Crippen LogP contribution in [0.3, 0.4) is 0 Å². The van der Waals surface area contributed by atoms with Gasteiger partial charge in [-0.2, -0.15) is 13.2 Å². The second-order valence-corrected chi connectivity index (χ2v) is 7.86. The number of pyridine rings is 1. The van der Waals surface area contributed by atoms with Gasteiger partial charge in [-0.05, 0) is 48.9 Å². The summed E-state index contributed by atoms with van der Waals surface area (Å²) < 4.78 is 41.8. The van der Waals surface area contributed by atoms with E-state index in [-0.39, 0.29) is 36.1 Å². The molecule has 0 bridgehead atoms. The Hall–Kier alpha value is -2.88. The molecule has 0 radical (unpaired) electrons. The van der Waals surface area contributed by atoms with Crippen LogP contribution >= 0.6 is 24.8 Å². The van der Waals surface area contributed by atoms with Crippen LogP contribution in [0.25, 0.3) is 27.8 Å². The molecule has 4 aromatic rings. The first-order chi connectivity index (χ1) is 15.3. The van der Waals surface area contributed by atoms with Crippen molar-refractivity contribution in [3.8, 4) is 16.9 Å². The third kappa shape index (κ3) is 4.55. The predicted molar refractivity (Wildman–Crippen MR) is 129 cm³/mol. The molecule has 0 saturated heterocycles. The highest BCUT2D eigenvalue weighted by Gasteiger charge is 2.32. The Balaban J connectivity index is 0.00000162. The first-order valence-corrected chi connectivity index (χ1v) is 10.3. The van der Waals surface area contributed by atoms with E-state index in [4.69, 9.17) is 0 Å². The minimum absolute atomic E-state index is 0. The maximum Gasteiger partial charge on any atom is 0.435 e. The number of benzene rings is 1. The van der Waals surface area contributed by atoms with Gasteiger partial charge in [0.25, 0.3) is 5.56 Å². The van der Waals surface area contributed by atoms with Crippen LogP contribution in [0.5, 0.6) is 0 Å². The van der Waals surface area contributed by atoms with E-state index in [1.54, 1.807) is 12.3 Å². The summed E-state index contributed by atoms with van der Waals surface area (Å²) in [5, 5.41) is 11.5. The fourth-order valence-corrected chi connectivity index (χ4v) is 4.34. The fraction of sp³-hybridized carbons (Fsp3) is 0.261. The highest BCUT2D eigenvalue weighted by atomic mass is 35.5. The lowest BCUT2D eigenvalue weighted by atomic mass is 10.1. The van der Waals surface area contributed by atoms with Gasteiger partial charge in [-0.25, -0.2) is 0 Å². The monoisotopic (exact) mass is 511 g/mol. The van der Waals surface area contributed by atoms with Crippen LogP contribution in [0.2, 0.25) is 0 Å². The Morgan fingerprint density at radius 3 is 2.41 bits per heavy atom. The minimum Gasteiger partial charge on any atom is -0.347 e. The van der Waals surface area contributed by atoms with Gasteiger partial charge in [-0.15, -0.1) is 35.0 Å². The average molecular weight is 512 g/mol. The van der Waals surface area contributed by atoms with Crippen molar-refractivity contribution in [2.45, 2.75) is 19.0 Å². The number of rotatable bonds is 2. The van der Waals surface area contributed by atoms with E-state index in [1.165, 1.54) is 33.3 Å². The fourth-order valence-electron chi connectivity index (χ4n) is 4.34. The molecule has 0 atom stereocenters. The second kappa shape index (κ2) is 9.77. The summed E-state index contributed by atoms with van der Waals surface area (Å²) in [5.41, 5.74) is 3.70. The Morgan fingerprint density at radius 1 is 0.971 bits per heavy atom. The third-order valence-corrected chi connectivity index (χ3v) is 5.96. The topological polar surface area (TPSA) is 64.7 Å². The Morgan fingerprint density at radius 2 is 1.74 bits per heavy atom. The predicted octanol–water partition coefficient (Wildman–Crippen LogP) is 4.34. The summed E-state index contributed by atoms with van der Waals surface area (Å²) in [6.45, 7) is 1.89. The maximum atomic E-state index is 12.8. The van der Waals surface area contributed by atoms with E-state index in [2.05, 4.69) is 26.1 Å². The van der Waals surface area contributed by atoms with Crippen LogP contribution in [0.15, 0.2) is 53.5 Å². The first-order valence-electron chi connectivity index (χ1n) is 10.3. The van der Waals surface area contributed by atoms with E-state index in [1.807, 2.05) is 19.2 Å². The van der Waals surface area contributed by atoms with Gasteiger partial charge in [-0.1, -0.05) is 6.07 Å². The van der Waals surface area contributed by atoms with Crippen LogP contribution < -0.4 is 10.9 Å². The number of alkyl halides is 3. The zero-order chi connectivity index (χ0) is 22.5. The zero-order valence-electron chi connectivity index (χ0n) is 18.1. The average Bonchev–Trinajstić information content (AvgIpc) is 2.93. The number of hydrogen-bond donors (Lipinski definition) is 1. The van der Waals surface area contributed by atoms with Crippen molar-refractivity contribution < 1.29 is 13.2 Å². The Labute approximate surface area is 205 Å². The van der Waals surface area contributed by atoms with Gasteiger partial charge in [0, 0.05) is 48.9 Å². The minimum atomic E-state index is -4.56. The van der Waals surface area contributed by atoms with E-state index in [0.29, 0.717) is 5.56 Å². The van der Waals surface area contributed by atoms with Crippen molar-refractivity contribution in [2.75, 3.05) is 13.1 Å². The molecule has 0 aliphatic carbocycles. The second-order valence-electron chi connectivity index (χ2n) is 7.86. The van der Waals surface area contributed by atoms with Gasteiger partial charge in [0.2, 0.25) is 0 Å². The highest BCUT2D eigenvalue weighted by molar-refractivity contribution is 5.87. The van der Waals surface area contributed by atoms with Crippen molar-refractivity contribution >= 4 is 35.7 Å². The van der Waals surface area contributed by atoms with Crippen LogP contribution in [0, 0.1) is 0 Å². The van der Waals surface area contributed by atoms with Gasteiger partial charge in [0.1, 0.15) is 0 Å². The lowest BCUT2D eigenvalue weighted by Gasteiger charge is -2.09. The van der Waals surface area contributed by atoms with E-state index in [0.717, 1.165) is 43.2 Å². The van der Waals surface area contributed by atoms with E-state index in [9.17, 15) is 18.0 Å². The molecule has 180 valence electrons. The molecule has 34 heavy (non-hydrogen) atoms. The van der Waals surface area contributed by atoms with Gasteiger partial charge in [-0.3, -0.25) is 9.36 Å². The number of fused-ring (bicyclic) bond motifs is 3. The van der Waals surface area contributed by atoms with Crippen LogP contribution in [0.1, 0.15) is 17.0 Å². The molecule has 4 heterocycles. The normalized spacial score (nSPS) is 13.5. The van der Waals surface area contributed by atoms with Gasteiger partial charge in [0.05, 0.1) is 16.9 Å². The zero-order valence-corrected chi connectivity index (χ0v) is 19.7. The van der Waals surface area contributed by atoms with Crippen LogP contribution in [-0.4, -0.2) is 32.4 Å². The number of hydrogen-bond acceptors (Lipinski definition) is 4. The lowest BCUT2D eigenvalue weighted by Crippen LogP contribution is -2.17. The van der Waals surface area contributed by atoms with Gasteiger partial charge < -0.3 is 9.88 Å². The number of nitrogens with zero attached hydrogens (tertiary/aromatic N) is 4. The standard InChI is InChI=1S/C23H20F3N5O.2ClH/c1-30-19-7-10-27-9-6-17(19)16-3-2-15(13-20(16)30)31-11-8-14(12-22(31)32)18-4-5-21(29-28-18)23(24,25)26;;/h2-5,8,11-13,27H,6-7,9-10H2,1H3;2*1H. The molecule has 0 spiro atoms. The molecular formula is C23H22Cl2F3N5O. The summed E-state index contributed by atoms with van der Waals surface area (Å²) in [5.74, 6) is 0. The molecule has 0 saturated carbocycles. The number of halogens is 5. The van der Waals surface area contributed by atoms with Crippen molar-refractivity contribution in [3.63, 3.8) is 0 Å². The Kier molecular flexibility index (Phi) is 7.40. The smallest absolute Gasteiger partial charge is 0.347 e. The van der Waals surface area contributed by atoms with Crippen molar-refractivity contribution in [3.05, 3.63) is 76.0 Å². The van der Waals surface area contributed by atoms with E-state index < -0.39 is 11.9 Å². The van der Waals surface area contributed by atoms with Crippen molar-refractivity contribution in [2.24, 2.45) is 7.05 Å². The molecule has 0 unspecified atom stereocenters. The quantitative estimate of drug-likeness (QED) is 0.434. The molecule has 11 heteroatoms. The molecule has 1 aliphatic rings. The maximum absolute atomic E-state index is 12.8. The third-order valence-electron chi connectivity index (χ3n) is 5.96. The van der Waals surface area contributed by atoms with Crippen molar-refractivity contribution in [1.82, 2.24) is 24.6 Å². The highest BCUT2D eigenvalue weighted by Crippen LogP contribution is 2.30. The molecule has 1 aliphatic heterocycles. The van der Waals surface area contributed by atoms with Gasteiger partial charge in [0.15, 0.2) is 5.69 Å². The summed E-state index contributed by atoms with van der Waals surface area (Å²) in [6, 6.07) is 11.0. The number of aryl methyl sites for hydroxylation is 1. The molecule has 0 amide bonds. The summed E-state index contributed by atoms with van der Waals surface area (Å²) in [7, 11) is 2.05. The molecular weight excluding hydrogens is 490 g/mol. The molecule has 1 N–H and O–H groups in total. The van der Waals surface area contributed by atoms with E-state index >= 15 is 0 Å². The Bertz CT molecular complexity index is 1380. The molecule has 1 aromatic carbocycles. The largest absolute Gasteiger partial charge is 0.435 e. The number of nitrogens with one attached hydrogen (secondary N) is 1. The van der Waals surface area contributed by atoms with Crippen molar-refractivity contribution in [1.29, 1.82) is 0 Å². The molecule has 0 fully saturated rings.